The van der Waals surface area contributed by atoms with Crippen molar-refractivity contribution in [3.8, 4) is 0 Å². The van der Waals surface area contributed by atoms with Crippen LogP contribution in [0.15, 0.2) is 0 Å². The minimum Gasteiger partial charge on any atom is -0.396 e. The first-order chi connectivity index (χ1) is 7.27. The second kappa shape index (κ2) is 6.83. The zero-order valence-electron chi connectivity index (χ0n) is 9.67. The molecule has 0 spiro atoms. The van der Waals surface area contributed by atoms with Gasteiger partial charge in [0.1, 0.15) is 0 Å². The molecule has 1 rings (SSSR count). The SMILES string of the molecule is CCCCCC(=O)NC1CCCC1CO. The van der Waals surface area contributed by atoms with Crippen molar-refractivity contribution in [2.45, 2.75) is 57.9 Å². The maximum absolute atomic E-state index is 11.5. The first kappa shape index (κ1) is 12.5. The summed E-state index contributed by atoms with van der Waals surface area (Å²) >= 11 is 0. The quantitative estimate of drug-likeness (QED) is 0.661. The second-order valence-electron chi connectivity index (χ2n) is 4.50. The van der Waals surface area contributed by atoms with Gasteiger partial charge in [-0.3, -0.25) is 4.79 Å². The van der Waals surface area contributed by atoms with Crippen LogP contribution >= 0.6 is 0 Å². The zero-order valence-corrected chi connectivity index (χ0v) is 9.67. The summed E-state index contributed by atoms with van der Waals surface area (Å²) in [5, 5.41) is 12.2. The fourth-order valence-electron chi connectivity index (χ4n) is 2.26. The molecule has 1 amide bonds. The number of nitrogens with one attached hydrogen (secondary N) is 1. The van der Waals surface area contributed by atoms with E-state index >= 15 is 0 Å². The third kappa shape index (κ3) is 4.20. The van der Waals surface area contributed by atoms with Crippen molar-refractivity contribution in [2.75, 3.05) is 6.61 Å². The van der Waals surface area contributed by atoms with E-state index in [0.717, 1.165) is 38.5 Å². The van der Waals surface area contributed by atoms with Gasteiger partial charge in [0.15, 0.2) is 0 Å². The molecule has 0 aromatic heterocycles. The van der Waals surface area contributed by atoms with Crippen LogP contribution in [0.2, 0.25) is 0 Å². The first-order valence-corrected chi connectivity index (χ1v) is 6.18. The van der Waals surface area contributed by atoms with E-state index in [9.17, 15) is 4.79 Å². The van der Waals surface area contributed by atoms with Gasteiger partial charge in [-0.05, 0) is 19.3 Å². The molecule has 2 atom stereocenters. The lowest BCUT2D eigenvalue weighted by atomic mass is 10.0. The monoisotopic (exact) mass is 213 g/mol. The Bertz CT molecular complexity index is 194. The van der Waals surface area contributed by atoms with Gasteiger partial charge in [-0.25, -0.2) is 0 Å². The van der Waals surface area contributed by atoms with Crippen molar-refractivity contribution in [3.05, 3.63) is 0 Å². The largest absolute Gasteiger partial charge is 0.396 e. The summed E-state index contributed by atoms with van der Waals surface area (Å²) in [6.45, 7) is 2.34. The molecule has 2 N–H and O–H groups in total. The number of amides is 1. The molecule has 1 aliphatic carbocycles. The van der Waals surface area contributed by atoms with Gasteiger partial charge in [0, 0.05) is 25.0 Å². The standard InChI is InChI=1S/C12H23NO2/c1-2-3-4-8-12(15)13-11-7-5-6-10(11)9-14/h10-11,14H,2-9H2,1H3,(H,13,15). The van der Waals surface area contributed by atoms with Crippen LogP contribution in [-0.2, 0) is 4.79 Å². The van der Waals surface area contributed by atoms with Crippen LogP contribution < -0.4 is 5.32 Å². The van der Waals surface area contributed by atoms with Crippen molar-refractivity contribution in [2.24, 2.45) is 5.92 Å². The third-order valence-electron chi connectivity index (χ3n) is 3.25. The molecule has 0 radical (unpaired) electrons. The molecule has 15 heavy (non-hydrogen) atoms. The molecule has 2 unspecified atom stereocenters. The van der Waals surface area contributed by atoms with E-state index in [4.69, 9.17) is 5.11 Å². The smallest absolute Gasteiger partial charge is 0.220 e. The summed E-state index contributed by atoms with van der Waals surface area (Å²) in [5.74, 6) is 0.453. The van der Waals surface area contributed by atoms with Gasteiger partial charge in [-0.15, -0.1) is 0 Å². The molecular weight excluding hydrogens is 190 g/mol. The highest BCUT2D eigenvalue weighted by atomic mass is 16.3. The Balaban J connectivity index is 2.19. The van der Waals surface area contributed by atoms with Gasteiger partial charge in [0.25, 0.3) is 0 Å². The Labute approximate surface area is 92.3 Å². The van der Waals surface area contributed by atoms with Crippen LogP contribution in [0.4, 0.5) is 0 Å². The number of carbonyl (C=O) groups excluding carboxylic acids is 1. The van der Waals surface area contributed by atoms with Crippen molar-refractivity contribution in [3.63, 3.8) is 0 Å². The Hall–Kier alpha value is -0.570. The summed E-state index contributed by atoms with van der Waals surface area (Å²) < 4.78 is 0. The van der Waals surface area contributed by atoms with Gasteiger partial charge in [-0.2, -0.15) is 0 Å². The van der Waals surface area contributed by atoms with Crippen LogP contribution in [0.5, 0.6) is 0 Å². The molecule has 0 bridgehead atoms. The Morgan fingerprint density at radius 2 is 2.20 bits per heavy atom. The van der Waals surface area contributed by atoms with Crippen molar-refractivity contribution in [1.29, 1.82) is 0 Å². The fourth-order valence-corrected chi connectivity index (χ4v) is 2.26. The molecule has 0 aromatic rings. The van der Waals surface area contributed by atoms with Gasteiger partial charge in [0.2, 0.25) is 5.91 Å². The van der Waals surface area contributed by atoms with Crippen LogP contribution in [-0.4, -0.2) is 23.7 Å². The van der Waals surface area contributed by atoms with E-state index in [2.05, 4.69) is 12.2 Å². The highest BCUT2D eigenvalue weighted by Crippen LogP contribution is 2.25. The normalized spacial score (nSPS) is 25.5. The van der Waals surface area contributed by atoms with E-state index < -0.39 is 0 Å². The molecule has 1 fully saturated rings. The molecule has 1 saturated carbocycles. The predicted molar refractivity (Wildman–Crippen MR) is 60.5 cm³/mol. The summed E-state index contributed by atoms with van der Waals surface area (Å²) in [7, 11) is 0. The summed E-state index contributed by atoms with van der Waals surface area (Å²) in [4.78, 5) is 11.5. The minimum absolute atomic E-state index is 0.161. The molecule has 88 valence electrons. The number of carbonyl (C=O) groups is 1. The minimum atomic E-state index is 0.161. The Kier molecular flexibility index (Phi) is 5.69. The van der Waals surface area contributed by atoms with Crippen LogP contribution in [0.3, 0.4) is 0 Å². The average molecular weight is 213 g/mol. The number of aliphatic hydroxyl groups excluding tert-OH is 1. The molecular formula is C12H23NO2. The second-order valence-corrected chi connectivity index (χ2v) is 4.50. The summed E-state index contributed by atoms with van der Waals surface area (Å²) in [6.07, 6.45) is 7.12. The van der Waals surface area contributed by atoms with Gasteiger partial charge < -0.3 is 10.4 Å². The third-order valence-corrected chi connectivity index (χ3v) is 3.25. The molecule has 0 aliphatic heterocycles. The summed E-state index contributed by atoms with van der Waals surface area (Å²) in [5.41, 5.74) is 0. The van der Waals surface area contributed by atoms with E-state index in [-0.39, 0.29) is 18.6 Å². The van der Waals surface area contributed by atoms with Crippen molar-refractivity contribution in [1.82, 2.24) is 5.32 Å². The maximum atomic E-state index is 11.5. The number of rotatable bonds is 6. The highest BCUT2D eigenvalue weighted by molar-refractivity contribution is 5.76. The van der Waals surface area contributed by atoms with Crippen molar-refractivity contribution >= 4 is 5.91 Å². The van der Waals surface area contributed by atoms with Crippen LogP contribution in [0, 0.1) is 5.92 Å². The van der Waals surface area contributed by atoms with E-state index in [1.54, 1.807) is 0 Å². The molecule has 3 nitrogen and oxygen atoms in total. The molecule has 0 saturated heterocycles. The number of unbranched alkanes of at least 4 members (excludes halogenated alkanes) is 2. The van der Waals surface area contributed by atoms with Crippen molar-refractivity contribution < 1.29 is 9.90 Å². The average Bonchev–Trinajstić information content (AvgIpc) is 2.65. The molecule has 1 aliphatic rings. The zero-order chi connectivity index (χ0) is 11.1. The highest BCUT2D eigenvalue weighted by Gasteiger charge is 2.27. The number of hydrogen-bond acceptors (Lipinski definition) is 2. The lowest BCUT2D eigenvalue weighted by Gasteiger charge is -2.18. The van der Waals surface area contributed by atoms with Gasteiger partial charge in [0.05, 0.1) is 0 Å². The molecule has 0 heterocycles. The van der Waals surface area contributed by atoms with E-state index in [1.807, 2.05) is 0 Å². The van der Waals surface area contributed by atoms with E-state index in [1.165, 1.54) is 0 Å². The topological polar surface area (TPSA) is 49.3 Å². The first-order valence-electron chi connectivity index (χ1n) is 6.18. The van der Waals surface area contributed by atoms with Gasteiger partial charge >= 0.3 is 0 Å². The Morgan fingerprint density at radius 3 is 2.87 bits per heavy atom. The lowest BCUT2D eigenvalue weighted by molar-refractivity contribution is -0.122. The van der Waals surface area contributed by atoms with Crippen LogP contribution in [0.1, 0.15) is 51.9 Å². The molecule has 3 heteroatoms. The number of hydrogen-bond donors (Lipinski definition) is 2. The van der Waals surface area contributed by atoms with Gasteiger partial charge in [-0.1, -0.05) is 26.2 Å². The Morgan fingerprint density at radius 1 is 1.40 bits per heavy atom. The van der Waals surface area contributed by atoms with E-state index in [0.29, 0.717) is 12.3 Å². The number of aliphatic hydroxyl groups is 1. The molecule has 0 aromatic carbocycles. The fraction of sp³-hybridized carbons (Fsp3) is 0.917. The van der Waals surface area contributed by atoms with Crippen LogP contribution in [0.25, 0.3) is 0 Å². The lowest BCUT2D eigenvalue weighted by Crippen LogP contribution is -2.38. The maximum Gasteiger partial charge on any atom is 0.220 e. The summed E-state index contributed by atoms with van der Waals surface area (Å²) in [6, 6.07) is 0.226. The predicted octanol–water partition coefficient (Wildman–Crippen LogP) is 1.84.